The Morgan fingerprint density at radius 2 is 1.76 bits per heavy atom. The van der Waals surface area contributed by atoms with E-state index in [2.05, 4.69) is 37.2 Å². The van der Waals surface area contributed by atoms with Crippen LogP contribution in [0.2, 0.25) is 0 Å². The second kappa shape index (κ2) is 12.0. The maximum atomic E-state index is 10.1. The molecule has 1 aliphatic heterocycles. The van der Waals surface area contributed by atoms with Gasteiger partial charge in [0.15, 0.2) is 17.0 Å². The topological polar surface area (TPSA) is 126 Å². The first-order chi connectivity index (χ1) is 18.2. The van der Waals surface area contributed by atoms with Crippen LogP contribution in [0.15, 0.2) is 60.9 Å². The van der Waals surface area contributed by atoms with E-state index in [4.69, 9.17) is 20.4 Å². The fourth-order valence-electron chi connectivity index (χ4n) is 4.43. The zero-order valence-electron chi connectivity index (χ0n) is 20.9. The third kappa shape index (κ3) is 6.53. The van der Waals surface area contributed by atoms with Gasteiger partial charge in [-0.15, -0.1) is 0 Å². The molecule has 10 nitrogen and oxygen atoms in total. The Bertz CT molecular complexity index is 1270. The van der Waals surface area contributed by atoms with Gasteiger partial charge in [0.05, 0.1) is 32.2 Å². The van der Waals surface area contributed by atoms with Gasteiger partial charge in [0, 0.05) is 38.4 Å². The number of benzene rings is 2. The maximum Gasteiger partial charge on any atom is 0.227 e. The average Bonchev–Trinajstić information content (AvgIpc) is 3.35. The van der Waals surface area contributed by atoms with Crippen molar-refractivity contribution in [1.82, 2.24) is 24.4 Å². The number of aromatic nitrogens is 4. The van der Waals surface area contributed by atoms with Gasteiger partial charge in [0.1, 0.15) is 0 Å². The van der Waals surface area contributed by atoms with Gasteiger partial charge >= 0.3 is 0 Å². The lowest BCUT2D eigenvalue weighted by molar-refractivity contribution is 0.0365. The van der Waals surface area contributed by atoms with E-state index in [0.29, 0.717) is 30.2 Å². The first kappa shape index (κ1) is 24.9. The van der Waals surface area contributed by atoms with Gasteiger partial charge in [0.2, 0.25) is 5.95 Å². The minimum atomic E-state index is -0.227. The molecule has 10 heteroatoms. The summed E-state index contributed by atoms with van der Waals surface area (Å²) in [5.74, 6) is 1.10. The van der Waals surface area contributed by atoms with Gasteiger partial charge in [0.25, 0.3) is 0 Å². The largest absolute Gasteiger partial charge is 0.399 e. The van der Waals surface area contributed by atoms with Gasteiger partial charge < -0.3 is 30.8 Å². The second-order valence-electron chi connectivity index (χ2n) is 9.27. The van der Waals surface area contributed by atoms with E-state index in [1.165, 1.54) is 0 Å². The van der Waals surface area contributed by atoms with E-state index in [-0.39, 0.29) is 12.6 Å². The molecule has 2 aromatic carbocycles. The number of nitrogens with one attached hydrogen (secondary N) is 2. The molecule has 0 amide bonds. The molecule has 0 saturated carbocycles. The molecular weight excluding hydrogens is 468 g/mol. The molecule has 4 aromatic rings. The summed E-state index contributed by atoms with van der Waals surface area (Å²) in [7, 11) is 0. The first-order valence-corrected chi connectivity index (χ1v) is 12.7. The summed E-state index contributed by atoms with van der Waals surface area (Å²) in [5, 5.41) is 16.8. The van der Waals surface area contributed by atoms with Crippen LogP contribution in [0, 0.1) is 0 Å². The van der Waals surface area contributed by atoms with Gasteiger partial charge in [-0.1, -0.05) is 42.5 Å². The van der Waals surface area contributed by atoms with Crippen molar-refractivity contribution in [2.75, 3.05) is 55.8 Å². The number of aliphatic hydroxyl groups excluding tert-OH is 1. The second-order valence-corrected chi connectivity index (χ2v) is 9.27. The number of hydrogen-bond donors (Lipinski definition) is 4. The van der Waals surface area contributed by atoms with E-state index < -0.39 is 0 Å². The number of ether oxygens (including phenoxy) is 1. The fraction of sp³-hybridized carbons (Fsp3) is 0.370. The van der Waals surface area contributed by atoms with Crippen LogP contribution in [0.3, 0.4) is 0 Å². The molecule has 1 atom stereocenters. The van der Waals surface area contributed by atoms with Crippen molar-refractivity contribution in [3.8, 4) is 0 Å². The average molecular weight is 503 g/mol. The number of rotatable bonds is 11. The number of fused-ring (bicyclic) bond motifs is 1. The lowest BCUT2D eigenvalue weighted by atomic mass is 10.1. The van der Waals surface area contributed by atoms with Crippen LogP contribution in [0.25, 0.3) is 11.2 Å². The summed E-state index contributed by atoms with van der Waals surface area (Å²) in [6.07, 6.45) is 2.48. The highest BCUT2D eigenvalue weighted by molar-refractivity contribution is 5.84. The summed E-state index contributed by atoms with van der Waals surface area (Å²) >= 11 is 0. The number of aliphatic hydroxyl groups is 1. The van der Waals surface area contributed by atoms with Gasteiger partial charge in [-0.3, -0.25) is 4.90 Å². The van der Waals surface area contributed by atoms with Crippen molar-refractivity contribution >= 4 is 28.6 Å². The number of nitrogens with zero attached hydrogens (tertiary/aromatic N) is 5. The standard InChI is InChI=1S/C27H34N8O2/c28-22-8-6-21(7-9-22)17-29-25-24-26(35(19-30-24)11-10-34-12-14-37-15-13-34)33-27(32-25)31-23(18-36)16-20-4-2-1-3-5-20/h1-9,19,23,36H,10-18,28H2,(H2,29,31,32,33)/t23-/m0/s1. The van der Waals surface area contributed by atoms with Crippen molar-refractivity contribution in [2.24, 2.45) is 0 Å². The smallest absolute Gasteiger partial charge is 0.227 e. The number of hydrogen-bond acceptors (Lipinski definition) is 9. The number of morpholine rings is 1. The molecule has 1 fully saturated rings. The molecule has 0 bridgehead atoms. The van der Waals surface area contributed by atoms with E-state index in [0.717, 1.165) is 61.9 Å². The predicted octanol–water partition coefficient (Wildman–Crippen LogP) is 2.37. The van der Waals surface area contributed by atoms with Crippen molar-refractivity contribution in [3.63, 3.8) is 0 Å². The number of nitrogens with two attached hydrogens (primary N) is 1. The van der Waals surface area contributed by atoms with Crippen LogP contribution < -0.4 is 16.4 Å². The van der Waals surface area contributed by atoms with Crippen LogP contribution in [-0.2, 0) is 24.2 Å². The maximum absolute atomic E-state index is 10.1. The molecule has 0 radical (unpaired) electrons. The van der Waals surface area contributed by atoms with E-state index in [1.54, 1.807) is 0 Å². The van der Waals surface area contributed by atoms with E-state index in [9.17, 15) is 5.11 Å². The predicted molar refractivity (Wildman–Crippen MR) is 145 cm³/mol. The summed E-state index contributed by atoms with van der Waals surface area (Å²) in [6.45, 7) is 5.58. The Balaban J connectivity index is 1.39. The van der Waals surface area contributed by atoms with Crippen molar-refractivity contribution in [3.05, 3.63) is 72.1 Å². The van der Waals surface area contributed by atoms with E-state index in [1.807, 2.05) is 48.8 Å². The first-order valence-electron chi connectivity index (χ1n) is 12.7. The Labute approximate surface area is 216 Å². The molecule has 5 rings (SSSR count). The van der Waals surface area contributed by atoms with Crippen LogP contribution in [0.5, 0.6) is 0 Å². The van der Waals surface area contributed by atoms with Crippen LogP contribution >= 0.6 is 0 Å². The quantitative estimate of drug-likeness (QED) is 0.229. The van der Waals surface area contributed by atoms with E-state index >= 15 is 0 Å². The molecule has 194 valence electrons. The SMILES string of the molecule is Nc1ccc(CNc2nc(N[C@H](CO)Cc3ccccc3)nc3c2ncn3CCN2CCOCC2)cc1. The monoisotopic (exact) mass is 502 g/mol. The van der Waals surface area contributed by atoms with Crippen molar-refractivity contribution in [2.45, 2.75) is 25.6 Å². The molecule has 37 heavy (non-hydrogen) atoms. The Kier molecular flexibility index (Phi) is 8.09. The molecule has 0 aliphatic carbocycles. The molecule has 0 unspecified atom stereocenters. The molecular formula is C27H34N8O2. The van der Waals surface area contributed by atoms with Crippen LogP contribution in [0.4, 0.5) is 17.5 Å². The normalized spacial score (nSPS) is 15.1. The molecule has 1 saturated heterocycles. The van der Waals surface area contributed by atoms with Crippen molar-refractivity contribution in [1.29, 1.82) is 0 Å². The van der Waals surface area contributed by atoms with Crippen molar-refractivity contribution < 1.29 is 9.84 Å². The minimum Gasteiger partial charge on any atom is -0.399 e. The number of anilines is 3. The van der Waals surface area contributed by atoms with Gasteiger partial charge in [-0.2, -0.15) is 9.97 Å². The fourth-order valence-corrected chi connectivity index (χ4v) is 4.43. The molecule has 5 N–H and O–H groups in total. The molecule has 0 spiro atoms. The van der Waals surface area contributed by atoms with Crippen LogP contribution in [0.1, 0.15) is 11.1 Å². The summed E-state index contributed by atoms with van der Waals surface area (Å²) in [6, 6.07) is 17.6. The zero-order valence-corrected chi connectivity index (χ0v) is 20.9. The summed E-state index contributed by atoms with van der Waals surface area (Å²) < 4.78 is 7.54. The minimum absolute atomic E-state index is 0.0409. The molecule has 3 heterocycles. The van der Waals surface area contributed by atoms with Crippen LogP contribution in [-0.4, -0.2) is 75.0 Å². The Morgan fingerprint density at radius 1 is 0.973 bits per heavy atom. The lowest BCUT2D eigenvalue weighted by Gasteiger charge is -2.26. The highest BCUT2D eigenvalue weighted by atomic mass is 16.5. The lowest BCUT2D eigenvalue weighted by Crippen LogP contribution is -2.38. The number of imidazole rings is 1. The van der Waals surface area contributed by atoms with Gasteiger partial charge in [-0.25, -0.2) is 4.98 Å². The Morgan fingerprint density at radius 3 is 2.51 bits per heavy atom. The molecule has 2 aromatic heterocycles. The third-order valence-corrected chi connectivity index (χ3v) is 6.54. The highest BCUT2D eigenvalue weighted by Crippen LogP contribution is 2.23. The molecule has 1 aliphatic rings. The summed E-state index contributed by atoms with van der Waals surface area (Å²) in [4.78, 5) is 16.6. The summed E-state index contributed by atoms with van der Waals surface area (Å²) in [5.41, 5.74) is 10.2. The number of nitrogen functional groups attached to an aromatic ring is 1. The zero-order chi connectivity index (χ0) is 25.5. The van der Waals surface area contributed by atoms with Gasteiger partial charge in [-0.05, 0) is 29.7 Å². The third-order valence-electron chi connectivity index (χ3n) is 6.54. The highest BCUT2D eigenvalue weighted by Gasteiger charge is 2.17. The Hall–Kier alpha value is -3.73.